The van der Waals surface area contributed by atoms with Crippen LogP contribution in [0.3, 0.4) is 0 Å². The van der Waals surface area contributed by atoms with Crippen LogP contribution in [0.15, 0.2) is 0 Å². The largest absolute Gasteiger partial charge is 0.480 e. The number of aryl methyl sites for hydroxylation is 1. The molecule has 116 valence electrons. The molecule has 0 aliphatic carbocycles. The number of carboxylic acid groups (broad SMARTS) is 1. The lowest BCUT2D eigenvalue weighted by molar-refractivity contribution is -0.138. The van der Waals surface area contributed by atoms with E-state index in [4.69, 9.17) is 5.11 Å². The highest BCUT2D eigenvalue weighted by molar-refractivity contribution is 6.03. The molecule has 2 N–H and O–H groups in total. The Hall–Kier alpha value is -2.11. The highest BCUT2D eigenvalue weighted by atomic mass is 16.4. The minimum Gasteiger partial charge on any atom is -0.480 e. The van der Waals surface area contributed by atoms with Crippen LogP contribution in [0, 0.1) is 13.8 Å². The van der Waals surface area contributed by atoms with E-state index in [1.807, 2.05) is 6.92 Å². The number of hydrogen-bond acceptors (Lipinski definition) is 3. The number of aliphatic carboxylic acids is 1. The second-order valence-corrected chi connectivity index (χ2v) is 5.27. The topological polar surface area (TPSA) is 90.5 Å². The van der Waals surface area contributed by atoms with Gasteiger partial charge in [-0.05, 0) is 39.7 Å². The number of carbonyl (C=O) groups excluding carboxylic acids is 2. The van der Waals surface area contributed by atoms with E-state index in [2.05, 4.69) is 4.98 Å². The Labute approximate surface area is 124 Å². The van der Waals surface area contributed by atoms with Crippen LogP contribution in [0.2, 0.25) is 0 Å². The van der Waals surface area contributed by atoms with Gasteiger partial charge in [-0.2, -0.15) is 0 Å². The third-order valence-corrected chi connectivity index (χ3v) is 3.69. The SMILES string of the molecule is CCC(C)N(CC(=O)O)C(=O)c1[nH]c(C)c(C(C)=O)c1C. The smallest absolute Gasteiger partial charge is 0.323 e. The van der Waals surface area contributed by atoms with E-state index in [-0.39, 0.29) is 24.3 Å². The van der Waals surface area contributed by atoms with Crippen molar-refractivity contribution in [1.29, 1.82) is 0 Å². The van der Waals surface area contributed by atoms with Crippen LogP contribution in [-0.2, 0) is 4.79 Å². The lowest BCUT2D eigenvalue weighted by Crippen LogP contribution is -2.42. The van der Waals surface area contributed by atoms with Gasteiger partial charge in [-0.3, -0.25) is 14.4 Å². The fourth-order valence-electron chi connectivity index (χ4n) is 2.43. The molecule has 1 unspecified atom stereocenters. The molecule has 0 spiro atoms. The molecule has 6 nitrogen and oxygen atoms in total. The number of Topliss-reactive ketones (excluding diaryl/α,β-unsaturated/α-hetero) is 1. The van der Waals surface area contributed by atoms with Crippen LogP contribution < -0.4 is 0 Å². The van der Waals surface area contributed by atoms with Crippen LogP contribution in [-0.4, -0.2) is 45.2 Å². The molecule has 1 atom stereocenters. The molecule has 0 saturated carbocycles. The van der Waals surface area contributed by atoms with Gasteiger partial charge in [0.15, 0.2) is 5.78 Å². The first kappa shape index (κ1) is 16.9. The summed E-state index contributed by atoms with van der Waals surface area (Å²) in [5.41, 5.74) is 1.99. The zero-order valence-electron chi connectivity index (χ0n) is 13.1. The average Bonchev–Trinajstić information content (AvgIpc) is 2.69. The summed E-state index contributed by atoms with van der Waals surface area (Å²) in [5, 5.41) is 8.98. The number of carboxylic acids is 1. The average molecular weight is 294 g/mol. The summed E-state index contributed by atoms with van der Waals surface area (Å²) in [6.07, 6.45) is 0.650. The number of aromatic amines is 1. The Kier molecular flexibility index (Phi) is 5.29. The number of amides is 1. The molecule has 0 fully saturated rings. The minimum absolute atomic E-state index is 0.117. The number of nitrogens with zero attached hydrogens (tertiary/aromatic N) is 1. The summed E-state index contributed by atoms with van der Waals surface area (Å²) in [5.74, 6) is -1.56. The molecule has 0 saturated heterocycles. The molecule has 21 heavy (non-hydrogen) atoms. The maximum atomic E-state index is 12.6. The first-order valence-electron chi connectivity index (χ1n) is 6.93. The molecule has 1 heterocycles. The molecular weight excluding hydrogens is 272 g/mol. The van der Waals surface area contributed by atoms with Gasteiger partial charge in [-0.1, -0.05) is 6.92 Å². The summed E-state index contributed by atoms with van der Waals surface area (Å²) >= 11 is 0. The van der Waals surface area contributed by atoms with Gasteiger partial charge < -0.3 is 15.0 Å². The maximum Gasteiger partial charge on any atom is 0.323 e. The predicted molar refractivity (Wildman–Crippen MR) is 78.7 cm³/mol. The van der Waals surface area contributed by atoms with Crippen LogP contribution >= 0.6 is 0 Å². The number of ketones is 1. The van der Waals surface area contributed by atoms with Crippen molar-refractivity contribution in [2.24, 2.45) is 0 Å². The third kappa shape index (κ3) is 3.51. The Morgan fingerprint density at radius 1 is 1.29 bits per heavy atom. The van der Waals surface area contributed by atoms with Crippen molar-refractivity contribution in [2.75, 3.05) is 6.54 Å². The summed E-state index contributed by atoms with van der Waals surface area (Å²) < 4.78 is 0. The molecule has 1 rings (SSSR count). The van der Waals surface area contributed by atoms with Gasteiger partial charge in [0.25, 0.3) is 5.91 Å². The van der Waals surface area contributed by atoms with Crippen molar-refractivity contribution in [3.63, 3.8) is 0 Å². The second-order valence-electron chi connectivity index (χ2n) is 5.27. The van der Waals surface area contributed by atoms with E-state index in [9.17, 15) is 14.4 Å². The zero-order chi connectivity index (χ0) is 16.3. The van der Waals surface area contributed by atoms with E-state index in [1.165, 1.54) is 11.8 Å². The van der Waals surface area contributed by atoms with Crippen LogP contribution in [0.1, 0.15) is 59.3 Å². The minimum atomic E-state index is -1.06. The van der Waals surface area contributed by atoms with E-state index in [0.29, 0.717) is 28.9 Å². The number of H-pyrrole nitrogens is 1. The van der Waals surface area contributed by atoms with Gasteiger partial charge in [-0.15, -0.1) is 0 Å². The Morgan fingerprint density at radius 2 is 1.86 bits per heavy atom. The maximum absolute atomic E-state index is 12.6. The molecule has 1 aromatic rings. The Morgan fingerprint density at radius 3 is 2.24 bits per heavy atom. The third-order valence-electron chi connectivity index (χ3n) is 3.69. The molecule has 0 bridgehead atoms. The molecule has 0 aliphatic rings. The fourth-order valence-corrected chi connectivity index (χ4v) is 2.43. The summed E-state index contributed by atoms with van der Waals surface area (Å²) in [7, 11) is 0. The van der Waals surface area contributed by atoms with Crippen molar-refractivity contribution in [1.82, 2.24) is 9.88 Å². The van der Waals surface area contributed by atoms with Crippen molar-refractivity contribution < 1.29 is 19.5 Å². The van der Waals surface area contributed by atoms with Gasteiger partial charge in [0, 0.05) is 17.3 Å². The predicted octanol–water partition coefficient (Wildman–Crippen LogP) is 2.16. The summed E-state index contributed by atoms with van der Waals surface area (Å²) in [6.45, 7) is 8.20. The quantitative estimate of drug-likeness (QED) is 0.787. The summed E-state index contributed by atoms with van der Waals surface area (Å²) in [6, 6.07) is -0.197. The van der Waals surface area contributed by atoms with Crippen LogP contribution in [0.25, 0.3) is 0 Å². The van der Waals surface area contributed by atoms with Crippen molar-refractivity contribution in [2.45, 2.75) is 47.1 Å². The molecule has 1 aromatic heterocycles. The van der Waals surface area contributed by atoms with E-state index in [1.54, 1.807) is 20.8 Å². The van der Waals surface area contributed by atoms with Gasteiger partial charge in [-0.25, -0.2) is 0 Å². The lowest BCUT2D eigenvalue weighted by Gasteiger charge is -2.26. The molecule has 0 aromatic carbocycles. The number of carbonyl (C=O) groups is 3. The number of hydrogen-bond donors (Lipinski definition) is 2. The van der Waals surface area contributed by atoms with Crippen molar-refractivity contribution >= 4 is 17.7 Å². The number of nitrogens with one attached hydrogen (secondary N) is 1. The van der Waals surface area contributed by atoms with Crippen molar-refractivity contribution in [3.05, 3.63) is 22.5 Å². The highest BCUT2D eigenvalue weighted by Crippen LogP contribution is 2.21. The van der Waals surface area contributed by atoms with E-state index >= 15 is 0 Å². The normalized spacial score (nSPS) is 12.0. The highest BCUT2D eigenvalue weighted by Gasteiger charge is 2.27. The second kappa shape index (κ2) is 6.56. The molecule has 6 heteroatoms. The van der Waals surface area contributed by atoms with E-state index in [0.717, 1.165) is 0 Å². The Bertz CT molecular complexity index is 574. The van der Waals surface area contributed by atoms with E-state index < -0.39 is 5.97 Å². The van der Waals surface area contributed by atoms with Gasteiger partial charge in [0.05, 0.1) is 0 Å². The zero-order valence-corrected chi connectivity index (χ0v) is 13.1. The molecule has 0 radical (unpaired) electrons. The van der Waals surface area contributed by atoms with Crippen LogP contribution in [0.4, 0.5) is 0 Å². The van der Waals surface area contributed by atoms with Crippen LogP contribution in [0.5, 0.6) is 0 Å². The molecular formula is C15H22N2O4. The number of rotatable bonds is 6. The fraction of sp³-hybridized carbons (Fsp3) is 0.533. The van der Waals surface area contributed by atoms with Gasteiger partial charge in [0.1, 0.15) is 12.2 Å². The lowest BCUT2D eigenvalue weighted by atomic mass is 10.1. The first-order valence-corrected chi connectivity index (χ1v) is 6.93. The Balaban J connectivity index is 3.24. The standard InChI is InChI=1S/C15H22N2O4/c1-6-8(2)17(7-12(19)20)15(21)14-9(3)13(11(5)18)10(4)16-14/h8,16H,6-7H2,1-5H3,(H,19,20). The van der Waals surface area contributed by atoms with Gasteiger partial charge >= 0.3 is 5.97 Å². The summed E-state index contributed by atoms with van der Waals surface area (Å²) in [4.78, 5) is 39.4. The monoisotopic (exact) mass is 294 g/mol. The first-order chi connectivity index (χ1) is 9.70. The van der Waals surface area contributed by atoms with Crippen molar-refractivity contribution in [3.8, 4) is 0 Å². The number of aromatic nitrogens is 1. The molecule has 0 aliphatic heterocycles. The molecule has 1 amide bonds. The van der Waals surface area contributed by atoms with Gasteiger partial charge in [0.2, 0.25) is 0 Å².